The molecule has 142 valence electrons. The molecule has 0 bridgehead atoms. The Morgan fingerprint density at radius 2 is 2.15 bits per heavy atom. The van der Waals surface area contributed by atoms with Crippen molar-refractivity contribution in [3.63, 3.8) is 0 Å². The van der Waals surface area contributed by atoms with E-state index < -0.39 is 5.97 Å². The minimum absolute atomic E-state index is 0.0884. The van der Waals surface area contributed by atoms with E-state index in [9.17, 15) is 9.18 Å². The predicted octanol–water partition coefficient (Wildman–Crippen LogP) is 2.95. The van der Waals surface area contributed by atoms with Gasteiger partial charge in [-0.05, 0) is 43.7 Å². The smallest absolute Gasteiger partial charge is 0.317 e. The van der Waals surface area contributed by atoms with E-state index in [1.54, 1.807) is 16.6 Å². The zero-order valence-corrected chi connectivity index (χ0v) is 15.6. The van der Waals surface area contributed by atoms with Crippen LogP contribution in [0.15, 0.2) is 30.5 Å². The van der Waals surface area contributed by atoms with E-state index in [1.165, 1.54) is 23.5 Å². The molecule has 2 aromatic heterocycles. The number of carboxylic acids is 1. The van der Waals surface area contributed by atoms with Crippen LogP contribution in [0.3, 0.4) is 0 Å². The van der Waals surface area contributed by atoms with Gasteiger partial charge in [-0.3, -0.25) is 9.69 Å². The lowest BCUT2D eigenvalue weighted by atomic mass is 9.85. The number of benzene rings is 1. The average Bonchev–Trinajstić information content (AvgIpc) is 3.15. The molecule has 1 fully saturated rings. The van der Waals surface area contributed by atoms with Crippen molar-refractivity contribution in [3.05, 3.63) is 36.3 Å². The van der Waals surface area contributed by atoms with Crippen LogP contribution >= 0.6 is 11.3 Å². The molecule has 2 heterocycles. The predicted molar refractivity (Wildman–Crippen MR) is 102 cm³/mol. The molecule has 9 heteroatoms. The molecule has 7 nitrogen and oxygen atoms in total. The zero-order chi connectivity index (χ0) is 19.0. The molecule has 1 aliphatic rings. The van der Waals surface area contributed by atoms with E-state index in [0.717, 1.165) is 40.7 Å². The second-order valence-electron chi connectivity index (χ2n) is 6.69. The molecular formula is C18H20FN5O2S. The summed E-state index contributed by atoms with van der Waals surface area (Å²) in [5, 5.41) is 17.7. The molecule has 0 atom stereocenters. The van der Waals surface area contributed by atoms with E-state index in [2.05, 4.69) is 15.4 Å². The maximum absolute atomic E-state index is 13.0. The van der Waals surface area contributed by atoms with Crippen molar-refractivity contribution < 1.29 is 14.3 Å². The number of halogens is 1. The molecule has 1 saturated carbocycles. The van der Waals surface area contributed by atoms with Gasteiger partial charge in [0.05, 0.1) is 18.4 Å². The number of imidazole rings is 1. The number of fused-ring (bicyclic) bond motifs is 1. The number of carboxylic acid groups (broad SMARTS) is 1. The van der Waals surface area contributed by atoms with Crippen molar-refractivity contribution in [2.24, 2.45) is 0 Å². The van der Waals surface area contributed by atoms with Crippen LogP contribution in [0.5, 0.6) is 0 Å². The van der Waals surface area contributed by atoms with Gasteiger partial charge in [0.25, 0.3) is 0 Å². The number of carbonyl (C=O) groups is 1. The number of likely N-dealkylation sites (N-methyl/N-ethyl adjacent to an activating group) is 1. The average molecular weight is 389 g/mol. The first-order valence-corrected chi connectivity index (χ1v) is 9.68. The largest absolute Gasteiger partial charge is 0.480 e. The van der Waals surface area contributed by atoms with Crippen molar-refractivity contribution in [1.29, 1.82) is 0 Å². The third-order valence-electron chi connectivity index (χ3n) is 4.88. The van der Waals surface area contributed by atoms with Gasteiger partial charge in [-0.25, -0.2) is 13.9 Å². The number of hydrogen-bond donors (Lipinski definition) is 2. The fraction of sp³-hybridized carbons (Fsp3) is 0.389. The summed E-state index contributed by atoms with van der Waals surface area (Å²) < 4.78 is 14.8. The van der Waals surface area contributed by atoms with Crippen molar-refractivity contribution >= 4 is 27.4 Å². The lowest BCUT2D eigenvalue weighted by molar-refractivity contribution is -0.139. The summed E-state index contributed by atoms with van der Waals surface area (Å²) in [7, 11) is 0. The molecule has 0 unspecified atom stereocenters. The van der Waals surface area contributed by atoms with Crippen LogP contribution in [0.1, 0.15) is 19.8 Å². The number of nitrogens with one attached hydrogen (secondary N) is 1. The molecule has 0 amide bonds. The first-order valence-electron chi connectivity index (χ1n) is 8.86. The summed E-state index contributed by atoms with van der Waals surface area (Å²) in [6.07, 6.45) is 3.65. The maximum Gasteiger partial charge on any atom is 0.317 e. The molecule has 0 aliphatic heterocycles. The number of aliphatic carboxylic acids is 1. The monoisotopic (exact) mass is 389 g/mol. The quantitative estimate of drug-likeness (QED) is 0.647. The van der Waals surface area contributed by atoms with Gasteiger partial charge in [0.15, 0.2) is 0 Å². The van der Waals surface area contributed by atoms with Crippen LogP contribution in [-0.2, 0) is 4.79 Å². The van der Waals surface area contributed by atoms with Gasteiger partial charge in [0, 0.05) is 17.6 Å². The molecule has 1 aliphatic carbocycles. The van der Waals surface area contributed by atoms with Crippen LogP contribution in [0.25, 0.3) is 16.2 Å². The minimum Gasteiger partial charge on any atom is -0.480 e. The Morgan fingerprint density at radius 3 is 2.78 bits per heavy atom. The lowest BCUT2D eigenvalue weighted by Crippen LogP contribution is -2.51. The Hall–Kier alpha value is -2.52. The Morgan fingerprint density at radius 1 is 1.41 bits per heavy atom. The fourth-order valence-electron chi connectivity index (χ4n) is 3.37. The minimum atomic E-state index is -0.786. The third-order valence-corrected chi connectivity index (χ3v) is 5.74. The highest BCUT2D eigenvalue weighted by Gasteiger charge is 2.34. The normalized spacial score (nSPS) is 19.4. The second-order valence-corrected chi connectivity index (χ2v) is 7.65. The third kappa shape index (κ3) is 3.79. The van der Waals surface area contributed by atoms with E-state index in [-0.39, 0.29) is 12.4 Å². The van der Waals surface area contributed by atoms with E-state index >= 15 is 0 Å². The number of rotatable bonds is 7. The number of aromatic nitrogens is 3. The summed E-state index contributed by atoms with van der Waals surface area (Å²) in [6, 6.07) is 6.83. The van der Waals surface area contributed by atoms with Gasteiger partial charge in [0.1, 0.15) is 5.82 Å². The highest BCUT2D eigenvalue weighted by Crippen LogP contribution is 2.31. The van der Waals surface area contributed by atoms with E-state index in [0.29, 0.717) is 12.1 Å². The Labute approximate surface area is 159 Å². The Kier molecular flexibility index (Phi) is 4.79. The molecule has 2 N–H and O–H groups in total. The van der Waals surface area contributed by atoms with Crippen molar-refractivity contribution in [3.8, 4) is 11.3 Å². The summed E-state index contributed by atoms with van der Waals surface area (Å²) >= 11 is 1.47. The SMILES string of the molecule is CCN(CC(=O)O)C1CC(Nc2nn3cc(-c4ccc(F)cc4)nc3s2)C1. The first-order chi connectivity index (χ1) is 13.0. The van der Waals surface area contributed by atoms with E-state index in [1.807, 2.05) is 18.0 Å². The summed E-state index contributed by atoms with van der Waals surface area (Å²) in [5.41, 5.74) is 1.61. The Balaban J connectivity index is 1.38. The van der Waals surface area contributed by atoms with Crippen LogP contribution in [0.2, 0.25) is 0 Å². The van der Waals surface area contributed by atoms with Gasteiger partial charge in [-0.15, -0.1) is 5.10 Å². The van der Waals surface area contributed by atoms with E-state index in [4.69, 9.17) is 5.11 Å². The summed E-state index contributed by atoms with van der Waals surface area (Å²) in [6.45, 7) is 2.81. The van der Waals surface area contributed by atoms with Crippen LogP contribution < -0.4 is 5.32 Å². The number of anilines is 1. The second kappa shape index (κ2) is 7.24. The zero-order valence-electron chi connectivity index (χ0n) is 14.8. The highest BCUT2D eigenvalue weighted by atomic mass is 32.1. The highest BCUT2D eigenvalue weighted by molar-refractivity contribution is 7.20. The van der Waals surface area contributed by atoms with Crippen molar-refractivity contribution in [2.45, 2.75) is 31.8 Å². The molecule has 3 aromatic rings. The fourth-order valence-corrected chi connectivity index (χ4v) is 4.23. The van der Waals surface area contributed by atoms with Gasteiger partial charge in [-0.1, -0.05) is 18.3 Å². The Bertz CT molecular complexity index is 917. The molecule has 1 aromatic carbocycles. The molecule has 0 radical (unpaired) electrons. The topological polar surface area (TPSA) is 82.8 Å². The molecule has 0 saturated heterocycles. The molecule has 4 rings (SSSR count). The van der Waals surface area contributed by atoms with Crippen molar-refractivity contribution in [1.82, 2.24) is 19.5 Å². The number of nitrogens with zero attached hydrogens (tertiary/aromatic N) is 4. The van der Waals surface area contributed by atoms with Crippen LogP contribution in [0, 0.1) is 5.82 Å². The van der Waals surface area contributed by atoms with Crippen LogP contribution in [-0.4, -0.2) is 55.7 Å². The maximum atomic E-state index is 13.0. The van der Waals surface area contributed by atoms with Gasteiger partial charge < -0.3 is 10.4 Å². The lowest BCUT2D eigenvalue weighted by Gasteiger charge is -2.42. The van der Waals surface area contributed by atoms with Gasteiger partial charge >= 0.3 is 5.97 Å². The first kappa shape index (κ1) is 17.9. The number of hydrogen-bond acceptors (Lipinski definition) is 6. The van der Waals surface area contributed by atoms with Crippen LogP contribution in [0.4, 0.5) is 9.52 Å². The summed E-state index contributed by atoms with van der Waals surface area (Å²) in [4.78, 5) is 18.2. The molecule has 27 heavy (non-hydrogen) atoms. The molecular weight excluding hydrogens is 369 g/mol. The van der Waals surface area contributed by atoms with Crippen molar-refractivity contribution in [2.75, 3.05) is 18.4 Å². The van der Waals surface area contributed by atoms with Gasteiger partial charge in [0.2, 0.25) is 10.1 Å². The van der Waals surface area contributed by atoms with Gasteiger partial charge in [-0.2, -0.15) is 0 Å². The standard InChI is InChI=1S/C18H20FN5O2S/c1-2-23(10-16(25)26)14-7-13(8-14)20-17-22-24-9-15(21-18(24)27-17)11-3-5-12(19)6-4-11/h3-6,9,13-14H,2,7-8,10H2,1H3,(H,20,22)(H,25,26). The molecule has 0 spiro atoms. The summed E-state index contributed by atoms with van der Waals surface area (Å²) in [5.74, 6) is -1.06.